The van der Waals surface area contributed by atoms with Crippen molar-refractivity contribution in [2.45, 2.75) is 45.6 Å². The molecule has 1 unspecified atom stereocenters. The molecule has 3 aromatic rings. The van der Waals surface area contributed by atoms with Gasteiger partial charge in [0, 0.05) is 43.5 Å². The number of nitrogens with zero attached hydrogens (tertiary/aromatic N) is 2. The number of hydrogen-bond donors (Lipinski definition) is 3. The first-order valence-electron chi connectivity index (χ1n) is 14.0. The molecule has 1 aliphatic heterocycles. The number of carboxylic acids is 1. The maximum absolute atomic E-state index is 13.2. The number of aryl methyl sites for hydroxylation is 2. The first-order valence-corrected chi connectivity index (χ1v) is 14.0. The van der Waals surface area contributed by atoms with Crippen LogP contribution in [-0.4, -0.2) is 60.7 Å². The molecule has 0 radical (unpaired) electrons. The van der Waals surface area contributed by atoms with Crippen LogP contribution in [0.4, 0.5) is 11.5 Å². The number of carbonyl (C=O) groups excluding carboxylic acids is 2. The van der Waals surface area contributed by atoms with Crippen LogP contribution in [0.3, 0.4) is 0 Å². The number of hydrogen-bond acceptors (Lipinski definition) is 7. The summed E-state index contributed by atoms with van der Waals surface area (Å²) in [7, 11) is 1.31. The quantitative estimate of drug-likeness (QED) is 0.295. The van der Waals surface area contributed by atoms with Gasteiger partial charge in [0.1, 0.15) is 11.9 Å². The fourth-order valence-electron chi connectivity index (χ4n) is 5.32. The van der Waals surface area contributed by atoms with Crippen molar-refractivity contribution >= 4 is 29.4 Å². The van der Waals surface area contributed by atoms with Crippen LogP contribution in [0.5, 0.6) is 0 Å². The van der Waals surface area contributed by atoms with E-state index in [1.165, 1.54) is 7.11 Å². The Morgan fingerprint density at radius 1 is 1.10 bits per heavy atom. The van der Waals surface area contributed by atoms with Crippen molar-refractivity contribution in [1.82, 2.24) is 10.3 Å². The maximum Gasteiger partial charge on any atom is 0.337 e. The number of piperidine rings is 1. The van der Waals surface area contributed by atoms with Crippen molar-refractivity contribution in [2.24, 2.45) is 5.92 Å². The standard InChI is InChI=1S/C32H38N4O5/c1-4-24-19-25(32(40)41-3)17-21(2)29(24)30(37)35-27(31(38)39)18-22-8-10-26(11-9-22)36-15-12-23(13-16-36)20-34-28-7-5-6-14-33-28/h5-11,14,17,19,23,27H,4,12-13,15-16,18,20H2,1-3H3,(H,33,34)(H,35,37)(H,38,39). The van der Waals surface area contributed by atoms with E-state index in [-0.39, 0.29) is 6.42 Å². The molecule has 0 bridgehead atoms. The highest BCUT2D eigenvalue weighted by Gasteiger charge is 2.25. The number of pyridine rings is 1. The number of ether oxygens (including phenoxy) is 1. The molecule has 2 aromatic carbocycles. The van der Waals surface area contributed by atoms with Gasteiger partial charge in [-0.15, -0.1) is 0 Å². The van der Waals surface area contributed by atoms with Gasteiger partial charge >= 0.3 is 11.9 Å². The summed E-state index contributed by atoms with van der Waals surface area (Å²) in [6.45, 7) is 6.42. The molecule has 216 valence electrons. The van der Waals surface area contributed by atoms with Gasteiger partial charge in [-0.1, -0.05) is 25.1 Å². The number of methoxy groups -OCH3 is 1. The summed E-state index contributed by atoms with van der Waals surface area (Å²) >= 11 is 0. The van der Waals surface area contributed by atoms with Gasteiger partial charge in [-0.25, -0.2) is 14.6 Å². The molecule has 9 nitrogen and oxygen atoms in total. The molecule has 9 heteroatoms. The zero-order chi connectivity index (χ0) is 29.4. The predicted octanol–water partition coefficient (Wildman–Crippen LogP) is 4.49. The first kappa shape index (κ1) is 29.6. The van der Waals surface area contributed by atoms with Crippen LogP contribution in [0.15, 0.2) is 60.8 Å². The summed E-state index contributed by atoms with van der Waals surface area (Å²) in [4.78, 5) is 44.0. The molecule has 1 atom stereocenters. The number of aliphatic carboxylic acids is 1. The normalized spacial score (nSPS) is 14.3. The second-order valence-corrected chi connectivity index (χ2v) is 10.4. The zero-order valence-electron chi connectivity index (χ0n) is 23.9. The third-order valence-corrected chi connectivity index (χ3v) is 7.64. The lowest BCUT2D eigenvalue weighted by Gasteiger charge is -2.34. The number of carbonyl (C=O) groups is 3. The van der Waals surface area contributed by atoms with E-state index in [2.05, 4.69) is 20.5 Å². The minimum Gasteiger partial charge on any atom is -0.480 e. The average Bonchev–Trinajstić information content (AvgIpc) is 2.99. The second-order valence-electron chi connectivity index (χ2n) is 10.4. The van der Waals surface area contributed by atoms with E-state index >= 15 is 0 Å². The van der Waals surface area contributed by atoms with Crippen LogP contribution in [0.1, 0.15) is 57.2 Å². The Bertz CT molecular complexity index is 1350. The summed E-state index contributed by atoms with van der Waals surface area (Å²) in [5, 5.41) is 16.0. The van der Waals surface area contributed by atoms with Gasteiger partial charge in [0.05, 0.1) is 12.7 Å². The third-order valence-electron chi connectivity index (χ3n) is 7.64. The third kappa shape index (κ3) is 7.63. The van der Waals surface area contributed by atoms with Crippen molar-refractivity contribution in [3.63, 3.8) is 0 Å². The molecule has 4 rings (SSSR count). The zero-order valence-corrected chi connectivity index (χ0v) is 23.9. The minimum atomic E-state index is -1.11. The van der Waals surface area contributed by atoms with Gasteiger partial charge in [0.2, 0.25) is 0 Å². The van der Waals surface area contributed by atoms with Gasteiger partial charge in [0.25, 0.3) is 5.91 Å². The fraction of sp³-hybridized carbons (Fsp3) is 0.375. The van der Waals surface area contributed by atoms with E-state index in [0.29, 0.717) is 34.6 Å². The summed E-state index contributed by atoms with van der Waals surface area (Å²) in [6, 6.07) is 15.9. The molecular formula is C32H38N4O5. The molecule has 1 fully saturated rings. The van der Waals surface area contributed by atoms with Gasteiger partial charge in [0.15, 0.2) is 0 Å². The molecule has 1 amide bonds. The van der Waals surface area contributed by atoms with Crippen molar-refractivity contribution in [1.29, 1.82) is 0 Å². The highest BCUT2D eigenvalue weighted by atomic mass is 16.5. The Hall–Kier alpha value is -4.40. The first-order chi connectivity index (χ1) is 19.8. The summed E-state index contributed by atoms with van der Waals surface area (Å²) in [6.07, 6.45) is 4.61. The fourth-order valence-corrected chi connectivity index (χ4v) is 5.32. The van der Waals surface area contributed by atoms with E-state index < -0.39 is 23.9 Å². The number of nitrogens with one attached hydrogen (secondary N) is 2. The molecule has 0 aliphatic carbocycles. The van der Waals surface area contributed by atoms with Crippen LogP contribution in [0.2, 0.25) is 0 Å². The highest BCUT2D eigenvalue weighted by Crippen LogP contribution is 2.25. The molecule has 41 heavy (non-hydrogen) atoms. The molecule has 0 spiro atoms. The molecule has 3 N–H and O–H groups in total. The lowest BCUT2D eigenvalue weighted by atomic mass is 9.95. The number of benzene rings is 2. The highest BCUT2D eigenvalue weighted by molar-refractivity contribution is 6.00. The molecule has 0 saturated carbocycles. The Labute approximate surface area is 240 Å². The van der Waals surface area contributed by atoms with Crippen LogP contribution in [0.25, 0.3) is 0 Å². The smallest absolute Gasteiger partial charge is 0.337 e. The molecular weight excluding hydrogens is 520 g/mol. The summed E-state index contributed by atoms with van der Waals surface area (Å²) in [5.41, 5.74) is 3.93. The predicted molar refractivity (Wildman–Crippen MR) is 159 cm³/mol. The molecule has 1 aromatic heterocycles. The van der Waals surface area contributed by atoms with E-state index in [4.69, 9.17) is 4.74 Å². The maximum atomic E-state index is 13.2. The van der Waals surface area contributed by atoms with Crippen LogP contribution >= 0.6 is 0 Å². The monoisotopic (exact) mass is 558 g/mol. The van der Waals surface area contributed by atoms with E-state index in [9.17, 15) is 19.5 Å². The van der Waals surface area contributed by atoms with E-state index in [0.717, 1.165) is 49.5 Å². The minimum absolute atomic E-state index is 0.156. The second kappa shape index (κ2) is 13.8. The SMILES string of the molecule is CCc1cc(C(=O)OC)cc(C)c1C(=O)NC(Cc1ccc(N2CCC(CNc3ccccn3)CC2)cc1)C(=O)O. The van der Waals surface area contributed by atoms with Crippen LogP contribution in [0, 0.1) is 12.8 Å². The number of aromatic nitrogens is 1. The number of rotatable bonds is 11. The average molecular weight is 559 g/mol. The number of esters is 1. The van der Waals surface area contributed by atoms with Crippen molar-refractivity contribution in [3.8, 4) is 0 Å². The number of carboxylic acid groups (broad SMARTS) is 1. The van der Waals surface area contributed by atoms with Crippen molar-refractivity contribution in [2.75, 3.05) is 37.0 Å². The van der Waals surface area contributed by atoms with Crippen molar-refractivity contribution < 1.29 is 24.2 Å². The van der Waals surface area contributed by atoms with Gasteiger partial charge in [-0.2, -0.15) is 0 Å². The molecule has 2 heterocycles. The van der Waals surface area contributed by atoms with Gasteiger partial charge in [-0.3, -0.25) is 4.79 Å². The van der Waals surface area contributed by atoms with Crippen molar-refractivity contribution in [3.05, 3.63) is 88.6 Å². The summed E-state index contributed by atoms with van der Waals surface area (Å²) in [5.74, 6) is -0.575. The molecule has 1 aliphatic rings. The Balaban J connectivity index is 1.34. The Kier molecular flexibility index (Phi) is 9.95. The molecule has 1 saturated heterocycles. The Morgan fingerprint density at radius 3 is 2.44 bits per heavy atom. The van der Waals surface area contributed by atoms with E-state index in [1.807, 2.05) is 49.4 Å². The Morgan fingerprint density at radius 2 is 1.83 bits per heavy atom. The van der Waals surface area contributed by atoms with Gasteiger partial charge in [-0.05, 0) is 85.2 Å². The lowest BCUT2D eigenvalue weighted by molar-refractivity contribution is -0.139. The lowest BCUT2D eigenvalue weighted by Crippen LogP contribution is -2.43. The van der Waals surface area contributed by atoms with Gasteiger partial charge < -0.3 is 25.4 Å². The number of amides is 1. The largest absolute Gasteiger partial charge is 0.480 e. The topological polar surface area (TPSA) is 121 Å². The van der Waals surface area contributed by atoms with Crippen LogP contribution < -0.4 is 15.5 Å². The number of anilines is 2. The van der Waals surface area contributed by atoms with Crippen LogP contribution in [-0.2, 0) is 22.4 Å². The summed E-state index contributed by atoms with van der Waals surface area (Å²) < 4.78 is 4.81. The van der Waals surface area contributed by atoms with E-state index in [1.54, 1.807) is 25.3 Å².